The van der Waals surface area contributed by atoms with Gasteiger partial charge in [0.25, 0.3) is 5.92 Å². The van der Waals surface area contributed by atoms with Crippen LogP contribution in [0.4, 0.5) is 14.6 Å². The Hall–Kier alpha value is -3.20. The van der Waals surface area contributed by atoms with E-state index in [1.54, 1.807) is 17.6 Å². The Kier molecular flexibility index (Phi) is 5.30. The minimum absolute atomic E-state index is 0.0467. The predicted octanol–water partition coefficient (Wildman–Crippen LogP) is 5.04. The van der Waals surface area contributed by atoms with Crippen molar-refractivity contribution in [3.05, 3.63) is 65.7 Å². The van der Waals surface area contributed by atoms with Gasteiger partial charge in [0.05, 0.1) is 17.3 Å². The van der Waals surface area contributed by atoms with Crippen LogP contribution in [0, 0.1) is 0 Å². The molecule has 0 atom stereocenters. The van der Waals surface area contributed by atoms with Crippen molar-refractivity contribution in [1.29, 1.82) is 0 Å². The highest BCUT2D eigenvalue weighted by Crippen LogP contribution is 2.35. The summed E-state index contributed by atoms with van der Waals surface area (Å²) in [6.45, 7) is 1.50. The average Bonchev–Trinajstić information content (AvgIpc) is 3.19. The Morgan fingerprint density at radius 2 is 1.93 bits per heavy atom. The molecule has 4 rings (SSSR count). The number of rotatable bonds is 7. The van der Waals surface area contributed by atoms with Gasteiger partial charge in [-0.3, -0.25) is 4.98 Å². The first-order valence-electron chi connectivity index (χ1n) is 8.88. The molecular formula is C20H17F2N5OS. The topological polar surface area (TPSA) is 72.8 Å². The van der Waals surface area contributed by atoms with E-state index in [1.807, 2.05) is 12.1 Å². The number of halogens is 2. The zero-order chi connectivity index (χ0) is 20.3. The van der Waals surface area contributed by atoms with Gasteiger partial charge in [0.15, 0.2) is 11.6 Å². The summed E-state index contributed by atoms with van der Waals surface area (Å²) < 4.78 is 33.0. The van der Waals surface area contributed by atoms with Crippen molar-refractivity contribution in [2.45, 2.75) is 19.3 Å². The molecule has 0 aliphatic heterocycles. The Labute approximate surface area is 169 Å². The van der Waals surface area contributed by atoms with E-state index in [4.69, 9.17) is 4.74 Å². The minimum Gasteiger partial charge on any atom is -0.455 e. The van der Waals surface area contributed by atoms with Crippen LogP contribution in [0.5, 0.6) is 11.5 Å². The first kappa shape index (κ1) is 19.1. The molecule has 0 fully saturated rings. The molecule has 0 radical (unpaired) electrons. The van der Waals surface area contributed by atoms with Crippen LogP contribution in [0.15, 0.2) is 54.6 Å². The third kappa shape index (κ3) is 4.45. The highest BCUT2D eigenvalue weighted by Gasteiger charge is 2.28. The van der Waals surface area contributed by atoms with Crippen LogP contribution in [0.2, 0.25) is 0 Å². The highest BCUT2D eigenvalue weighted by molar-refractivity contribution is 7.16. The lowest BCUT2D eigenvalue weighted by molar-refractivity contribution is 0.0154. The molecule has 6 nitrogen and oxygen atoms in total. The average molecular weight is 413 g/mol. The quantitative estimate of drug-likeness (QED) is 0.458. The largest absolute Gasteiger partial charge is 0.455 e. The molecule has 9 heteroatoms. The van der Waals surface area contributed by atoms with Crippen molar-refractivity contribution < 1.29 is 13.5 Å². The van der Waals surface area contributed by atoms with Crippen LogP contribution in [0.3, 0.4) is 0 Å². The van der Waals surface area contributed by atoms with Gasteiger partial charge in [0.2, 0.25) is 0 Å². The second kappa shape index (κ2) is 8.04. The highest BCUT2D eigenvalue weighted by atomic mass is 32.1. The van der Waals surface area contributed by atoms with Crippen molar-refractivity contribution in [2.75, 3.05) is 11.9 Å². The molecule has 1 N–H and O–H groups in total. The number of hydrogen-bond acceptors (Lipinski definition) is 7. The Bertz CT molecular complexity index is 1110. The van der Waals surface area contributed by atoms with Crippen LogP contribution in [-0.2, 0) is 12.3 Å². The van der Waals surface area contributed by atoms with E-state index in [9.17, 15) is 8.78 Å². The zero-order valence-electron chi connectivity index (χ0n) is 15.5. The zero-order valence-corrected chi connectivity index (χ0v) is 16.3. The van der Waals surface area contributed by atoms with Gasteiger partial charge in [-0.25, -0.2) is 23.7 Å². The van der Waals surface area contributed by atoms with Gasteiger partial charge in [-0.15, -0.1) is 11.3 Å². The van der Waals surface area contributed by atoms with Crippen LogP contribution in [-0.4, -0.2) is 26.5 Å². The molecule has 148 valence electrons. The molecule has 0 aliphatic carbocycles. The van der Waals surface area contributed by atoms with Crippen LogP contribution < -0.4 is 10.1 Å². The molecule has 0 amide bonds. The van der Waals surface area contributed by atoms with Gasteiger partial charge >= 0.3 is 0 Å². The van der Waals surface area contributed by atoms with Gasteiger partial charge in [0.1, 0.15) is 22.4 Å². The van der Waals surface area contributed by atoms with Gasteiger partial charge in [-0.2, -0.15) is 0 Å². The third-order valence-electron chi connectivity index (χ3n) is 4.25. The van der Waals surface area contributed by atoms with Gasteiger partial charge in [0, 0.05) is 19.7 Å². The second-order valence-electron chi connectivity index (χ2n) is 6.41. The van der Waals surface area contributed by atoms with Crippen molar-refractivity contribution in [1.82, 2.24) is 19.9 Å². The number of anilines is 1. The lowest BCUT2D eigenvalue weighted by Crippen LogP contribution is -2.09. The summed E-state index contributed by atoms with van der Waals surface area (Å²) in [5, 5.41) is 3.27. The normalized spacial score (nSPS) is 11.6. The van der Waals surface area contributed by atoms with E-state index < -0.39 is 5.92 Å². The molecule has 0 bridgehead atoms. The second-order valence-corrected chi connectivity index (χ2v) is 7.24. The lowest BCUT2D eigenvalue weighted by Gasteiger charge is -2.15. The molecule has 29 heavy (non-hydrogen) atoms. The monoisotopic (exact) mass is 413 g/mol. The van der Waals surface area contributed by atoms with Crippen LogP contribution in [0.1, 0.15) is 18.1 Å². The number of alkyl halides is 2. The summed E-state index contributed by atoms with van der Waals surface area (Å²) in [4.78, 5) is 17.4. The fourth-order valence-corrected chi connectivity index (χ4v) is 3.45. The Balaban J connectivity index is 1.38. The van der Waals surface area contributed by atoms with Gasteiger partial charge in [-0.1, -0.05) is 12.1 Å². The van der Waals surface area contributed by atoms with E-state index in [1.165, 1.54) is 36.1 Å². The Morgan fingerprint density at radius 1 is 1.10 bits per heavy atom. The Morgan fingerprint density at radius 3 is 2.72 bits per heavy atom. The molecule has 3 heterocycles. The molecule has 3 aromatic heterocycles. The SMILES string of the molecule is CC(F)(F)c1ccncc1Oc1ccc(CCNc2ncnc3scnc23)cc1. The third-order valence-corrected chi connectivity index (χ3v) is 4.98. The molecule has 4 aromatic rings. The first-order chi connectivity index (χ1) is 14.0. The fourth-order valence-electron chi connectivity index (χ4n) is 2.82. The molecule has 0 saturated heterocycles. The van der Waals surface area contributed by atoms with E-state index in [0.29, 0.717) is 18.1 Å². The first-order valence-corrected chi connectivity index (χ1v) is 9.76. The smallest absolute Gasteiger partial charge is 0.274 e. The lowest BCUT2D eigenvalue weighted by atomic mass is 10.1. The molecule has 0 unspecified atom stereocenters. The summed E-state index contributed by atoms with van der Waals surface area (Å²) in [6.07, 6.45) is 4.89. The maximum absolute atomic E-state index is 13.7. The van der Waals surface area contributed by atoms with E-state index in [-0.39, 0.29) is 11.3 Å². The van der Waals surface area contributed by atoms with Crippen molar-refractivity contribution in [3.8, 4) is 11.5 Å². The summed E-state index contributed by atoms with van der Waals surface area (Å²) >= 11 is 1.47. The predicted molar refractivity (Wildman–Crippen MR) is 108 cm³/mol. The van der Waals surface area contributed by atoms with Crippen LogP contribution >= 0.6 is 11.3 Å². The van der Waals surface area contributed by atoms with Gasteiger partial charge < -0.3 is 10.1 Å². The number of nitrogens with zero attached hydrogens (tertiary/aromatic N) is 4. The molecule has 0 aliphatic rings. The number of nitrogens with one attached hydrogen (secondary N) is 1. The number of ether oxygens (including phenoxy) is 1. The number of aromatic nitrogens is 4. The number of pyridine rings is 1. The summed E-state index contributed by atoms with van der Waals surface area (Å²) in [5.74, 6) is -1.78. The summed E-state index contributed by atoms with van der Waals surface area (Å²) in [7, 11) is 0. The van der Waals surface area contributed by atoms with Crippen molar-refractivity contribution >= 4 is 27.5 Å². The van der Waals surface area contributed by atoms with E-state index >= 15 is 0 Å². The molecule has 0 spiro atoms. The number of hydrogen-bond donors (Lipinski definition) is 1. The fraction of sp³-hybridized carbons (Fsp3) is 0.200. The van der Waals surface area contributed by atoms with Gasteiger partial charge in [-0.05, 0) is 30.2 Å². The maximum Gasteiger partial charge on any atom is 0.274 e. The molecular weight excluding hydrogens is 396 g/mol. The molecule has 1 aromatic carbocycles. The summed E-state index contributed by atoms with van der Waals surface area (Å²) in [6, 6.07) is 8.57. The van der Waals surface area contributed by atoms with E-state index in [2.05, 4.69) is 25.3 Å². The number of benzene rings is 1. The molecule has 0 saturated carbocycles. The van der Waals surface area contributed by atoms with Crippen LogP contribution in [0.25, 0.3) is 10.3 Å². The minimum atomic E-state index is -3.01. The summed E-state index contributed by atoms with van der Waals surface area (Å²) in [5.41, 5.74) is 3.38. The maximum atomic E-state index is 13.7. The number of thiazole rings is 1. The van der Waals surface area contributed by atoms with Crippen molar-refractivity contribution in [2.24, 2.45) is 0 Å². The van der Waals surface area contributed by atoms with Crippen molar-refractivity contribution in [3.63, 3.8) is 0 Å². The number of fused-ring (bicyclic) bond motifs is 1. The van der Waals surface area contributed by atoms with E-state index in [0.717, 1.165) is 29.3 Å². The standard InChI is InChI=1S/C20H17F2N5OS/c1-20(21,22)15-7-8-23-10-16(15)28-14-4-2-13(3-5-14)6-9-24-18-17-19(26-11-25-18)29-12-27-17/h2-5,7-8,10-12H,6,9H2,1H3,(H,24,25,26).